The molecular formula is C14H22N2O2. The van der Waals surface area contributed by atoms with Gasteiger partial charge in [0, 0.05) is 24.9 Å². The SMILES string of the molecule is COC1=CC(N)=C(C2CC2)CC1N1CCOCC1. The van der Waals surface area contributed by atoms with Crippen molar-refractivity contribution in [3.8, 4) is 0 Å². The minimum atomic E-state index is 0.363. The van der Waals surface area contributed by atoms with Crippen LogP contribution in [0.4, 0.5) is 0 Å². The quantitative estimate of drug-likeness (QED) is 0.819. The summed E-state index contributed by atoms with van der Waals surface area (Å²) in [6, 6.07) is 0.363. The van der Waals surface area contributed by atoms with Crippen molar-refractivity contribution in [1.82, 2.24) is 4.90 Å². The number of morpholine rings is 1. The van der Waals surface area contributed by atoms with Gasteiger partial charge in [-0.2, -0.15) is 0 Å². The molecule has 4 nitrogen and oxygen atoms in total. The van der Waals surface area contributed by atoms with Crippen molar-refractivity contribution in [3.63, 3.8) is 0 Å². The number of hydrogen-bond acceptors (Lipinski definition) is 4. The molecule has 4 heteroatoms. The van der Waals surface area contributed by atoms with Gasteiger partial charge in [-0.05, 0) is 30.8 Å². The summed E-state index contributed by atoms with van der Waals surface area (Å²) < 4.78 is 11.0. The molecule has 1 aliphatic heterocycles. The molecule has 0 spiro atoms. The zero-order valence-electron chi connectivity index (χ0n) is 11.0. The maximum absolute atomic E-state index is 6.16. The van der Waals surface area contributed by atoms with Crippen molar-refractivity contribution in [2.24, 2.45) is 11.7 Å². The van der Waals surface area contributed by atoms with Crippen LogP contribution in [0.1, 0.15) is 19.3 Å². The average Bonchev–Trinajstić information content (AvgIpc) is 3.23. The molecule has 0 radical (unpaired) electrons. The van der Waals surface area contributed by atoms with E-state index in [0.29, 0.717) is 6.04 Å². The van der Waals surface area contributed by atoms with Crippen molar-refractivity contribution >= 4 is 0 Å². The minimum Gasteiger partial charge on any atom is -0.499 e. The van der Waals surface area contributed by atoms with Crippen molar-refractivity contribution < 1.29 is 9.47 Å². The number of allylic oxidation sites excluding steroid dienone is 1. The van der Waals surface area contributed by atoms with E-state index in [1.165, 1.54) is 18.4 Å². The second-order valence-electron chi connectivity index (χ2n) is 5.37. The van der Waals surface area contributed by atoms with Gasteiger partial charge in [-0.1, -0.05) is 0 Å². The second kappa shape index (κ2) is 4.94. The number of methoxy groups -OCH3 is 1. The van der Waals surface area contributed by atoms with Crippen LogP contribution in [0.3, 0.4) is 0 Å². The van der Waals surface area contributed by atoms with Gasteiger partial charge in [0.25, 0.3) is 0 Å². The maximum Gasteiger partial charge on any atom is 0.115 e. The first-order valence-electron chi connectivity index (χ1n) is 6.85. The third-order valence-corrected chi connectivity index (χ3v) is 4.20. The molecule has 2 N–H and O–H groups in total. The standard InChI is InChI=1S/C14H22N2O2/c1-17-14-9-12(15)11(10-2-3-10)8-13(14)16-4-6-18-7-5-16/h9-10,13H,2-8,15H2,1H3. The molecule has 1 unspecified atom stereocenters. The highest BCUT2D eigenvalue weighted by Gasteiger charge is 2.35. The van der Waals surface area contributed by atoms with E-state index in [1.54, 1.807) is 7.11 Å². The van der Waals surface area contributed by atoms with E-state index in [1.807, 2.05) is 6.08 Å². The predicted molar refractivity (Wildman–Crippen MR) is 69.8 cm³/mol. The molecular weight excluding hydrogens is 228 g/mol. The summed E-state index contributed by atoms with van der Waals surface area (Å²) in [6.45, 7) is 3.63. The first-order chi connectivity index (χ1) is 8.79. The predicted octanol–water partition coefficient (Wildman–Crippen LogP) is 1.24. The van der Waals surface area contributed by atoms with Crippen molar-refractivity contribution in [2.45, 2.75) is 25.3 Å². The van der Waals surface area contributed by atoms with Crippen LogP contribution in [-0.4, -0.2) is 44.4 Å². The van der Waals surface area contributed by atoms with E-state index in [2.05, 4.69) is 4.90 Å². The summed E-state index contributed by atoms with van der Waals surface area (Å²) in [4.78, 5) is 2.47. The van der Waals surface area contributed by atoms with Gasteiger partial charge < -0.3 is 15.2 Å². The van der Waals surface area contributed by atoms with E-state index in [-0.39, 0.29) is 0 Å². The van der Waals surface area contributed by atoms with E-state index < -0.39 is 0 Å². The fourth-order valence-corrected chi connectivity index (χ4v) is 3.00. The Morgan fingerprint density at radius 1 is 1.33 bits per heavy atom. The van der Waals surface area contributed by atoms with Crippen LogP contribution >= 0.6 is 0 Å². The Morgan fingerprint density at radius 2 is 2.06 bits per heavy atom. The Balaban J connectivity index is 1.79. The lowest BCUT2D eigenvalue weighted by Crippen LogP contribution is -2.46. The number of nitrogens with zero attached hydrogens (tertiary/aromatic N) is 1. The van der Waals surface area contributed by atoms with Gasteiger partial charge in [-0.15, -0.1) is 0 Å². The molecule has 3 rings (SSSR count). The largest absolute Gasteiger partial charge is 0.499 e. The van der Waals surface area contributed by atoms with Gasteiger partial charge in [-0.25, -0.2) is 0 Å². The fourth-order valence-electron chi connectivity index (χ4n) is 3.00. The van der Waals surface area contributed by atoms with Gasteiger partial charge in [-0.3, -0.25) is 4.90 Å². The lowest BCUT2D eigenvalue weighted by atomic mass is 9.92. The normalized spacial score (nSPS) is 30.3. The van der Waals surface area contributed by atoms with Crippen LogP contribution in [0.2, 0.25) is 0 Å². The number of ether oxygens (including phenoxy) is 2. The van der Waals surface area contributed by atoms with E-state index in [0.717, 1.165) is 50.1 Å². The highest BCUT2D eigenvalue weighted by molar-refractivity contribution is 5.36. The van der Waals surface area contributed by atoms with Gasteiger partial charge in [0.2, 0.25) is 0 Å². The van der Waals surface area contributed by atoms with Gasteiger partial charge in [0.1, 0.15) is 5.76 Å². The molecule has 1 atom stereocenters. The Labute approximate surface area is 108 Å². The third kappa shape index (κ3) is 2.27. The van der Waals surface area contributed by atoms with Gasteiger partial charge >= 0.3 is 0 Å². The first kappa shape index (κ1) is 12.1. The topological polar surface area (TPSA) is 47.7 Å². The highest BCUT2D eigenvalue weighted by atomic mass is 16.5. The van der Waals surface area contributed by atoms with Gasteiger partial charge in [0.05, 0.1) is 26.4 Å². The monoisotopic (exact) mass is 250 g/mol. The van der Waals surface area contributed by atoms with Crippen LogP contribution in [0.5, 0.6) is 0 Å². The molecule has 1 heterocycles. The van der Waals surface area contributed by atoms with E-state index >= 15 is 0 Å². The molecule has 100 valence electrons. The number of rotatable bonds is 3. The van der Waals surface area contributed by atoms with Crippen LogP contribution in [0, 0.1) is 5.92 Å². The highest BCUT2D eigenvalue weighted by Crippen LogP contribution is 2.43. The summed E-state index contributed by atoms with van der Waals surface area (Å²) in [7, 11) is 1.74. The van der Waals surface area contributed by atoms with Crippen molar-refractivity contribution in [2.75, 3.05) is 33.4 Å². The maximum atomic E-state index is 6.16. The Bertz CT molecular complexity index is 379. The summed E-state index contributed by atoms with van der Waals surface area (Å²) in [5.41, 5.74) is 8.55. The smallest absolute Gasteiger partial charge is 0.115 e. The second-order valence-corrected chi connectivity index (χ2v) is 5.37. The van der Waals surface area contributed by atoms with Crippen molar-refractivity contribution in [3.05, 3.63) is 23.1 Å². The summed E-state index contributed by atoms with van der Waals surface area (Å²) in [5, 5.41) is 0. The molecule has 2 aliphatic carbocycles. The molecule has 2 fully saturated rings. The van der Waals surface area contributed by atoms with E-state index in [4.69, 9.17) is 15.2 Å². The van der Waals surface area contributed by atoms with E-state index in [9.17, 15) is 0 Å². The lowest BCUT2D eigenvalue weighted by molar-refractivity contribution is 0.0125. The van der Waals surface area contributed by atoms with Crippen LogP contribution in [-0.2, 0) is 9.47 Å². The zero-order chi connectivity index (χ0) is 12.5. The molecule has 0 amide bonds. The van der Waals surface area contributed by atoms with Crippen LogP contribution in [0.15, 0.2) is 23.1 Å². The average molecular weight is 250 g/mol. The first-order valence-corrected chi connectivity index (χ1v) is 6.85. The number of hydrogen-bond donors (Lipinski definition) is 1. The molecule has 0 aromatic rings. The molecule has 0 aromatic carbocycles. The summed E-state index contributed by atoms with van der Waals surface area (Å²) in [5.74, 6) is 1.75. The third-order valence-electron chi connectivity index (χ3n) is 4.20. The molecule has 3 aliphatic rings. The molecule has 0 aromatic heterocycles. The Morgan fingerprint density at radius 3 is 2.67 bits per heavy atom. The van der Waals surface area contributed by atoms with Crippen LogP contribution < -0.4 is 5.73 Å². The molecule has 1 saturated heterocycles. The minimum absolute atomic E-state index is 0.363. The zero-order valence-corrected chi connectivity index (χ0v) is 11.0. The molecule has 18 heavy (non-hydrogen) atoms. The summed E-state index contributed by atoms with van der Waals surface area (Å²) >= 11 is 0. The van der Waals surface area contributed by atoms with Crippen LogP contribution in [0.25, 0.3) is 0 Å². The number of nitrogens with two attached hydrogens (primary N) is 1. The lowest BCUT2D eigenvalue weighted by Gasteiger charge is -2.37. The molecule has 1 saturated carbocycles. The summed E-state index contributed by atoms with van der Waals surface area (Å²) in [6.07, 6.45) is 5.69. The van der Waals surface area contributed by atoms with Gasteiger partial charge in [0.15, 0.2) is 0 Å². The van der Waals surface area contributed by atoms with Crippen molar-refractivity contribution in [1.29, 1.82) is 0 Å². The fraction of sp³-hybridized carbons (Fsp3) is 0.714. The Hall–Kier alpha value is -1.00. The molecule has 0 bridgehead atoms. The Kier molecular flexibility index (Phi) is 3.31.